The fraction of sp³-hybridized carbons (Fsp3) is 0.778. The zero-order valence-corrected chi connectivity index (χ0v) is 21.6. The molecule has 0 spiro atoms. The molecule has 188 valence electrons. The maximum absolute atomic E-state index is 11.3. The van der Waals surface area contributed by atoms with Crippen LogP contribution in [0.5, 0.6) is 0 Å². The first kappa shape index (κ1) is 43.1. The number of hydrogen-bond donors (Lipinski definition) is 4. The van der Waals surface area contributed by atoms with Gasteiger partial charge < -0.3 is 39.4 Å². The summed E-state index contributed by atoms with van der Waals surface area (Å²) in [5, 5.41) is 36.8. The minimum absolute atomic E-state index is 0. The average molecular weight is 494 g/mol. The summed E-state index contributed by atoms with van der Waals surface area (Å²) in [4.78, 5) is 47.7. The molecular weight excluding hydrogens is 464 g/mol. The van der Waals surface area contributed by atoms with Crippen LogP contribution in [-0.4, -0.2) is 221 Å². The van der Waals surface area contributed by atoms with Crippen LogP contribution in [0.4, 0.5) is 0 Å². The van der Waals surface area contributed by atoms with E-state index in [1.807, 2.05) is 0 Å². The fourth-order valence-electron chi connectivity index (χ4n) is 2.95. The molecule has 14 nitrogen and oxygen atoms in total. The molecule has 4 radical (unpaired) electrons. The predicted molar refractivity (Wildman–Crippen MR) is 128 cm³/mol. The summed E-state index contributed by atoms with van der Waals surface area (Å²) in [6.07, 6.45) is 0. The summed E-state index contributed by atoms with van der Waals surface area (Å²) < 4.78 is 21.4. The molecule has 0 saturated carbocycles. The molecule has 0 amide bonds. The number of nitrogens with zero attached hydrogens (tertiary/aromatic N) is 2. The Kier molecular flexibility index (Phi) is 30.3. The zero-order chi connectivity index (χ0) is 23.9. The maximum atomic E-state index is 11.3. The quantitative estimate of drug-likeness (QED) is 0.208. The van der Waals surface area contributed by atoms with Crippen molar-refractivity contribution in [3.05, 3.63) is 0 Å². The van der Waals surface area contributed by atoms with Crippen molar-refractivity contribution in [1.29, 1.82) is 0 Å². The number of hydrogen-bond acceptors (Lipinski definition) is 10. The largest absolute Gasteiger partial charge is 0.480 e. The van der Waals surface area contributed by atoms with Gasteiger partial charge in [0.25, 0.3) is 0 Å². The Labute approximate surface area is 257 Å². The summed E-state index contributed by atoms with van der Waals surface area (Å²) in [6.45, 7) is 0.854. The van der Waals surface area contributed by atoms with E-state index in [2.05, 4.69) is 0 Å². The molecule has 0 bridgehead atoms. The summed E-state index contributed by atoms with van der Waals surface area (Å²) in [5.41, 5.74) is 0. The summed E-state index contributed by atoms with van der Waals surface area (Å²) >= 11 is 0. The van der Waals surface area contributed by atoms with Gasteiger partial charge in [0.15, 0.2) is 0 Å². The number of carboxylic acid groups (broad SMARTS) is 4. The van der Waals surface area contributed by atoms with Gasteiger partial charge in [0.1, 0.15) is 0 Å². The molecule has 1 heterocycles. The van der Waals surface area contributed by atoms with E-state index in [9.17, 15) is 39.6 Å². The molecule has 1 rings (SSSR count). The minimum atomic E-state index is -1.73. The van der Waals surface area contributed by atoms with Gasteiger partial charge in [0, 0.05) is 102 Å². The third-order valence-corrected chi connectivity index (χ3v) is 4.50. The number of ether oxygens (including phenoxy) is 4. The summed E-state index contributed by atoms with van der Waals surface area (Å²) in [7, 11) is 0. The van der Waals surface area contributed by atoms with Crippen molar-refractivity contribution < 1.29 is 58.6 Å². The van der Waals surface area contributed by atoms with E-state index in [-0.39, 0.29) is 154 Å². The van der Waals surface area contributed by atoms with Crippen molar-refractivity contribution in [3.8, 4) is 0 Å². The van der Waals surface area contributed by atoms with E-state index < -0.39 is 36.0 Å². The molecule has 0 aromatic rings. The van der Waals surface area contributed by atoms with E-state index in [0.717, 1.165) is 0 Å². The van der Waals surface area contributed by atoms with Crippen LogP contribution in [0.15, 0.2) is 0 Å². The van der Waals surface area contributed by atoms with Crippen LogP contribution in [0.25, 0.3) is 0 Å². The van der Waals surface area contributed by atoms with Crippen molar-refractivity contribution in [3.63, 3.8) is 0 Å². The van der Waals surface area contributed by atoms with Crippen molar-refractivity contribution >= 4 is 99.3 Å². The predicted octanol–water partition coefficient (Wildman–Crippen LogP) is -3.78. The first-order valence-electron chi connectivity index (χ1n) is 9.96. The van der Waals surface area contributed by atoms with E-state index in [1.54, 1.807) is 0 Å². The summed E-state index contributed by atoms with van der Waals surface area (Å²) in [6, 6.07) is -3.47. The zero-order valence-electron chi connectivity index (χ0n) is 21.6. The smallest absolute Gasteiger partial charge is 0.332 e. The standard InChI is InChI=1S/C18H30N2O12.4Li/c21-15(22)13(16(23)24)19-1-5-29-9-10-31-7-3-20(14(17(25)26)18(27)28)4-8-32-12-11-30-6-2-19;;;;/h13-14H,1-12H2,(H,21,22)(H,23,24)(H,25,26)(H,27,28);;;;. The normalized spacial score (nSPS) is 17.6. The van der Waals surface area contributed by atoms with Crippen molar-refractivity contribution in [1.82, 2.24) is 9.80 Å². The van der Waals surface area contributed by atoms with Crippen molar-refractivity contribution in [2.45, 2.75) is 12.1 Å². The van der Waals surface area contributed by atoms with Gasteiger partial charge in [0.2, 0.25) is 12.1 Å². The van der Waals surface area contributed by atoms with E-state index in [4.69, 9.17) is 18.9 Å². The molecule has 1 aliphatic rings. The Balaban J connectivity index is -0.00000128. The first-order valence-corrected chi connectivity index (χ1v) is 9.96. The minimum Gasteiger partial charge on any atom is -0.480 e. The van der Waals surface area contributed by atoms with Gasteiger partial charge in [-0.05, 0) is 0 Å². The fourth-order valence-corrected chi connectivity index (χ4v) is 2.95. The van der Waals surface area contributed by atoms with Crippen LogP contribution in [0.2, 0.25) is 0 Å². The van der Waals surface area contributed by atoms with E-state index >= 15 is 0 Å². The van der Waals surface area contributed by atoms with Crippen LogP contribution in [-0.2, 0) is 38.1 Å². The van der Waals surface area contributed by atoms with Crippen LogP contribution >= 0.6 is 0 Å². The van der Waals surface area contributed by atoms with Gasteiger partial charge >= 0.3 is 23.9 Å². The SMILES string of the molecule is O=C(O)C(C(=O)O)N1CCOCCOCCN(C(C(=O)O)C(=O)O)CCOCCOCC1.[Li].[Li].[Li].[Li]. The maximum Gasteiger partial charge on any atom is 0.332 e. The second-order valence-corrected chi connectivity index (χ2v) is 6.68. The Morgan fingerprint density at radius 3 is 0.806 bits per heavy atom. The first-order chi connectivity index (χ1) is 15.3. The van der Waals surface area contributed by atoms with Crippen LogP contribution < -0.4 is 0 Å². The molecule has 1 fully saturated rings. The van der Waals surface area contributed by atoms with Crippen LogP contribution in [0, 0.1) is 0 Å². The second kappa shape index (κ2) is 25.3. The molecule has 0 aromatic carbocycles. The van der Waals surface area contributed by atoms with Gasteiger partial charge in [-0.15, -0.1) is 0 Å². The van der Waals surface area contributed by atoms with Gasteiger partial charge in [-0.2, -0.15) is 0 Å². The monoisotopic (exact) mass is 494 g/mol. The van der Waals surface area contributed by atoms with Gasteiger partial charge in [-0.1, -0.05) is 0 Å². The number of carbonyl (C=O) groups is 4. The molecule has 1 saturated heterocycles. The van der Waals surface area contributed by atoms with Crippen molar-refractivity contribution in [2.24, 2.45) is 0 Å². The topological polar surface area (TPSA) is 193 Å². The second-order valence-electron chi connectivity index (χ2n) is 6.68. The molecule has 18 heteroatoms. The summed E-state index contributed by atoms with van der Waals surface area (Å²) in [5.74, 6) is -5.96. The molecule has 0 unspecified atom stereocenters. The van der Waals surface area contributed by atoms with Gasteiger partial charge in [-0.3, -0.25) is 9.80 Å². The van der Waals surface area contributed by atoms with E-state index in [1.165, 1.54) is 9.80 Å². The number of aliphatic carboxylic acids is 4. The number of rotatable bonds is 6. The molecule has 4 N–H and O–H groups in total. The third-order valence-electron chi connectivity index (χ3n) is 4.50. The third kappa shape index (κ3) is 17.5. The van der Waals surface area contributed by atoms with Crippen LogP contribution in [0.3, 0.4) is 0 Å². The van der Waals surface area contributed by atoms with Crippen molar-refractivity contribution in [2.75, 3.05) is 79.0 Å². The van der Waals surface area contributed by atoms with E-state index in [0.29, 0.717) is 0 Å². The van der Waals surface area contributed by atoms with Gasteiger partial charge in [0.05, 0.1) is 52.9 Å². The Morgan fingerprint density at radius 1 is 0.444 bits per heavy atom. The Bertz CT molecular complexity index is 535. The molecule has 1 aliphatic heterocycles. The molecule has 0 aliphatic carbocycles. The Hall–Kier alpha value is 0.0296. The molecule has 36 heavy (non-hydrogen) atoms. The molecule has 0 aromatic heterocycles. The Morgan fingerprint density at radius 2 is 0.639 bits per heavy atom. The number of carboxylic acids is 4. The molecular formula is C18H30Li4N2O12. The van der Waals surface area contributed by atoms with Crippen LogP contribution in [0.1, 0.15) is 0 Å². The molecule has 0 atom stereocenters. The van der Waals surface area contributed by atoms with Gasteiger partial charge in [-0.25, -0.2) is 19.2 Å². The average Bonchev–Trinajstić information content (AvgIpc) is 2.69.